The number of aromatic nitrogens is 1. The van der Waals surface area contributed by atoms with Gasteiger partial charge in [-0.1, -0.05) is 24.3 Å². The Morgan fingerprint density at radius 3 is 2.67 bits per heavy atom. The van der Waals surface area contributed by atoms with E-state index in [-0.39, 0.29) is 30.1 Å². The van der Waals surface area contributed by atoms with E-state index in [1.54, 1.807) is 11.0 Å². The molecule has 2 N–H and O–H groups in total. The molecule has 2 saturated heterocycles. The van der Waals surface area contributed by atoms with Gasteiger partial charge in [0.25, 0.3) is 5.91 Å². The normalized spacial score (nSPS) is 20.0. The number of carbonyl (C=O) groups excluding carboxylic acids is 3. The van der Waals surface area contributed by atoms with E-state index in [0.29, 0.717) is 44.6 Å². The van der Waals surface area contributed by atoms with Gasteiger partial charge in [-0.25, -0.2) is 0 Å². The van der Waals surface area contributed by atoms with Gasteiger partial charge in [-0.3, -0.25) is 19.4 Å². The first kappa shape index (κ1) is 20.1. The van der Waals surface area contributed by atoms with Crippen LogP contribution < -0.4 is 5.73 Å². The zero-order chi connectivity index (χ0) is 21.3. The van der Waals surface area contributed by atoms with E-state index in [1.807, 2.05) is 35.2 Å². The summed E-state index contributed by atoms with van der Waals surface area (Å²) in [5.74, 6) is -0.643. The lowest BCUT2D eigenvalue weighted by atomic mass is 9.89. The van der Waals surface area contributed by atoms with Crippen LogP contribution in [0.25, 0.3) is 10.9 Å². The molecule has 7 heteroatoms. The number of fused-ring (bicyclic) bond motifs is 1. The molecule has 7 nitrogen and oxygen atoms in total. The summed E-state index contributed by atoms with van der Waals surface area (Å²) in [5, 5.41) is 0.887. The molecule has 4 rings (SSSR count). The molecular formula is C23H26N4O3. The van der Waals surface area contributed by atoms with Crippen LogP contribution in [0.15, 0.2) is 43.0 Å². The number of nitrogens with zero attached hydrogens (tertiary/aromatic N) is 3. The number of benzene rings is 1. The molecule has 2 aromatic rings. The summed E-state index contributed by atoms with van der Waals surface area (Å²) in [4.78, 5) is 45.3. The summed E-state index contributed by atoms with van der Waals surface area (Å²) < 4.78 is 0. The number of para-hydroxylation sites is 1. The molecule has 2 fully saturated rings. The minimum absolute atomic E-state index is 0.00889. The Morgan fingerprint density at radius 2 is 1.97 bits per heavy atom. The van der Waals surface area contributed by atoms with Crippen LogP contribution in [-0.4, -0.2) is 58.7 Å². The van der Waals surface area contributed by atoms with Crippen molar-refractivity contribution in [3.8, 4) is 0 Å². The van der Waals surface area contributed by atoms with Crippen LogP contribution in [0.2, 0.25) is 0 Å². The Morgan fingerprint density at radius 1 is 1.23 bits per heavy atom. The molecule has 0 saturated carbocycles. The Kier molecular flexibility index (Phi) is 5.53. The lowest BCUT2D eigenvalue weighted by Gasteiger charge is -2.33. The van der Waals surface area contributed by atoms with Gasteiger partial charge in [0.05, 0.1) is 22.7 Å². The summed E-state index contributed by atoms with van der Waals surface area (Å²) in [6.45, 7) is 5.78. The highest BCUT2D eigenvalue weighted by atomic mass is 16.2. The second-order valence-corrected chi connectivity index (χ2v) is 8.07. The van der Waals surface area contributed by atoms with Gasteiger partial charge in [-0.2, -0.15) is 0 Å². The van der Waals surface area contributed by atoms with E-state index < -0.39 is 5.91 Å². The van der Waals surface area contributed by atoms with Crippen molar-refractivity contribution in [1.82, 2.24) is 14.8 Å². The van der Waals surface area contributed by atoms with E-state index >= 15 is 0 Å². The summed E-state index contributed by atoms with van der Waals surface area (Å²) in [7, 11) is 0. The summed E-state index contributed by atoms with van der Waals surface area (Å²) >= 11 is 0. The van der Waals surface area contributed by atoms with E-state index in [9.17, 15) is 14.4 Å². The van der Waals surface area contributed by atoms with Crippen molar-refractivity contribution in [3.05, 3.63) is 54.2 Å². The van der Waals surface area contributed by atoms with Crippen LogP contribution in [-0.2, 0) is 9.59 Å². The zero-order valence-corrected chi connectivity index (χ0v) is 16.9. The van der Waals surface area contributed by atoms with Gasteiger partial charge < -0.3 is 15.5 Å². The van der Waals surface area contributed by atoms with E-state index in [0.717, 1.165) is 16.6 Å². The Balaban J connectivity index is 1.46. The van der Waals surface area contributed by atoms with Crippen molar-refractivity contribution < 1.29 is 14.4 Å². The van der Waals surface area contributed by atoms with E-state index in [4.69, 9.17) is 10.7 Å². The predicted octanol–water partition coefficient (Wildman–Crippen LogP) is 2.07. The van der Waals surface area contributed by atoms with Gasteiger partial charge in [0.15, 0.2) is 0 Å². The summed E-state index contributed by atoms with van der Waals surface area (Å²) in [6, 6.07) is 9.48. The first-order valence-corrected chi connectivity index (χ1v) is 10.3. The molecular weight excluding hydrogens is 380 g/mol. The van der Waals surface area contributed by atoms with Gasteiger partial charge in [0.1, 0.15) is 0 Å². The number of hydrogen-bond donors (Lipinski definition) is 1. The van der Waals surface area contributed by atoms with Crippen LogP contribution in [0.1, 0.15) is 41.2 Å². The average Bonchev–Trinajstić information content (AvgIpc) is 3.13. The molecule has 1 aromatic carbocycles. The molecule has 156 valence electrons. The number of carbonyl (C=O) groups is 3. The van der Waals surface area contributed by atoms with Gasteiger partial charge in [-0.15, -0.1) is 6.58 Å². The minimum Gasteiger partial charge on any atom is -0.366 e. The SMILES string of the molecule is C=CCN1CC(C(=O)N2CCC(c3nc4ccccc4cc3C(N)=O)CC2)CC1=O. The number of amides is 3. The molecule has 0 radical (unpaired) electrons. The Labute approximate surface area is 175 Å². The Bertz CT molecular complexity index is 1010. The number of hydrogen-bond acceptors (Lipinski definition) is 4. The first-order chi connectivity index (χ1) is 14.5. The summed E-state index contributed by atoms with van der Waals surface area (Å²) in [5.41, 5.74) is 7.65. The Hall–Kier alpha value is -3.22. The smallest absolute Gasteiger partial charge is 0.250 e. The maximum atomic E-state index is 12.9. The quantitative estimate of drug-likeness (QED) is 0.769. The second-order valence-electron chi connectivity index (χ2n) is 8.07. The largest absolute Gasteiger partial charge is 0.366 e. The molecule has 1 aromatic heterocycles. The zero-order valence-electron chi connectivity index (χ0n) is 16.9. The maximum Gasteiger partial charge on any atom is 0.250 e. The van der Waals surface area contributed by atoms with Crippen LogP contribution in [0, 0.1) is 5.92 Å². The highest BCUT2D eigenvalue weighted by Crippen LogP contribution is 2.32. The molecule has 2 aliphatic heterocycles. The monoisotopic (exact) mass is 406 g/mol. The molecule has 3 heterocycles. The molecule has 0 bridgehead atoms. The third-order valence-corrected chi connectivity index (χ3v) is 6.13. The van der Waals surface area contributed by atoms with Crippen molar-refractivity contribution >= 4 is 28.6 Å². The van der Waals surface area contributed by atoms with Gasteiger partial charge >= 0.3 is 0 Å². The lowest BCUT2D eigenvalue weighted by Crippen LogP contribution is -2.42. The number of primary amides is 1. The average molecular weight is 406 g/mol. The molecule has 1 unspecified atom stereocenters. The van der Waals surface area contributed by atoms with Crippen molar-refractivity contribution in [2.24, 2.45) is 11.7 Å². The van der Waals surface area contributed by atoms with Crippen LogP contribution in [0.4, 0.5) is 0 Å². The van der Waals surface area contributed by atoms with Crippen molar-refractivity contribution in [1.29, 1.82) is 0 Å². The molecule has 30 heavy (non-hydrogen) atoms. The number of likely N-dealkylation sites (tertiary alicyclic amines) is 2. The number of rotatable bonds is 5. The van der Waals surface area contributed by atoms with Gasteiger partial charge in [0, 0.05) is 43.9 Å². The van der Waals surface area contributed by atoms with Crippen LogP contribution >= 0.6 is 0 Å². The third-order valence-electron chi connectivity index (χ3n) is 6.13. The summed E-state index contributed by atoms with van der Waals surface area (Å²) in [6.07, 6.45) is 3.39. The number of piperidine rings is 1. The molecule has 2 aliphatic rings. The molecule has 0 aliphatic carbocycles. The van der Waals surface area contributed by atoms with Crippen molar-refractivity contribution in [2.75, 3.05) is 26.2 Å². The number of nitrogens with two attached hydrogens (primary N) is 1. The van der Waals surface area contributed by atoms with E-state index in [1.165, 1.54) is 0 Å². The second kappa shape index (κ2) is 8.26. The van der Waals surface area contributed by atoms with Crippen LogP contribution in [0.5, 0.6) is 0 Å². The lowest BCUT2D eigenvalue weighted by molar-refractivity contribution is -0.136. The fraction of sp³-hybridized carbons (Fsp3) is 0.391. The van der Waals surface area contributed by atoms with Gasteiger partial charge in [0.2, 0.25) is 11.8 Å². The van der Waals surface area contributed by atoms with Gasteiger partial charge in [-0.05, 0) is 25.0 Å². The highest BCUT2D eigenvalue weighted by Gasteiger charge is 2.37. The third kappa shape index (κ3) is 3.79. The van der Waals surface area contributed by atoms with E-state index in [2.05, 4.69) is 6.58 Å². The molecule has 3 amide bonds. The molecule has 1 atom stereocenters. The molecule has 0 spiro atoms. The van der Waals surface area contributed by atoms with Crippen LogP contribution in [0.3, 0.4) is 0 Å². The fourth-order valence-corrected chi connectivity index (χ4v) is 4.54. The first-order valence-electron chi connectivity index (χ1n) is 10.3. The maximum absolute atomic E-state index is 12.9. The predicted molar refractivity (Wildman–Crippen MR) is 114 cm³/mol. The van der Waals surface area contributed by atoms with Crippen molar-refractivity contribution in [2.45, 2.75) is 25.2 Å². The van der Waals surface area contributed by atoms with Crippen molar-refractivity contribution in [3.63, 3.8) is 0 Å². The fourth-order valence-electron chi connectivity index (χ4n) is 4.54. The topological polar surface area (TPSA) is 96.6 Å². The highest BCUT2D eigenvalue weighted by molar-refractivity contribution is 5.98. The standard InChI is InChI=1S/C23H26N4O3/c1-2-9-27-14-17(13-20(27)28)23(30)26-10-7-15(8-11-26)21-18(22(24)29)12-16-5-3-4-6-19(16)25-21/h2-6,12,15,17H,1,7-11,13-14H2,(H2,24,29). The number of pyridine rings is 1. The minimum atomic E-state index is -0.478.